The normalized spacial score (nSPS) is 10.5. The van der Waals surface area contributed by atoms with E-state index >= 15 is 0 Å². The van der Waals surface area contributed by atoms with Crippen molar-refractivity contribution in [1.82, 2.24) is 0 Å². The van der Waals surface area contributed by atoms with Crippen molar-refractivity contribution in [3.05, 3.63) is 83.4 Å². The molecule has 5 nitrogen and oxygen atoms in total. The SMILES string of the molecule is C=CCOC(=O)/C(C#N)=C/c1cccc(NC(=O)c2ccc(C)cc2)c1. The Hall–Kier alpha value is -3.65. The predicted octanol–water partition coefficient (Wildman–Crippen LogP) is 3.88. The van der Waals surface area contributed by atoms with Crippen molar-refractivity contribution in [2.45, 2.75) is 6.92 Å². The van der Waals surface area contributed by atoms with Gasteiger partial charge in [-0.15, -0.1) is 0 Å². The molecule has 0 saturated heterocycles. The Morgan fingerprint density at radius 3 is 2.62 bits per heavy atom. The number of esters is 1. The second-order valence-corrected chi connectivity index (χ2v) is 5.50. The summed E-state index contributed by atoms with van der Waals surface area (Å²) in [5, 5.41) is 11.9. The number of rotatable bonds is 6. The molecule has 0 radical (unpaired) electrons. The maximum Gasteiger partial charge on any atom is 0.349 e. The lowest BCUT2D eigenvalue weighted by molar-refractivity contribution is -0.137. The molecule has 0 saturated carbocycles. The molecule has 0 bridgehead atoms. The van der Waals surface area contributed by atoms with Crippen LogP contribution in [0.2, 0.25) is 0 Å². The van der Waals surface area contributed by atoms with Crippen molar-refractivity contribution in [1.29, 1.82) is 5.26 Å². The van der Waals surface area contributed by atoms with Gasteiger partial charge in [0, 0.05) is 11.3 Å². The topological polar surface area (TPSA) is 79.2 Å². The lowest BCUT2D eigenvalue weighted by Crippen LogP contribution is -2.11. The molecule has 0 aromatic heterocycles. The van der Waals surface area contributed by atoms with Gasteiger partial charge < -0.3 is 10.1 Å². The van der Waals surface area contributed by atoms with Gasteiger partial charge in [-0.25, -0.2) is 4.79 Å². The van der Waals surface area contributed by atoms with Crippen LogP contribution in [-0.2, 0) is 9.53 Å². The van der Waals surface area contributed by atoms with Crippen molar-refractivity contribution in [2.24, 2.45) is 0 Å². The van der Waals surface area contributed by atoms with Crippen molar-refractivity contribution >= 4 is 23.6 Å². The number of hydrogen-bond donors (Lipinski definition) is 1. The molecule has 0 fully saturated rings. The number of carbonyl (C=O) groups excluding carboxylic acids is 2. The van der Waals surface area contributed by atoms with Crippen molar-refractivity contribution < 1.29 is 14.3 Å². The minimum atomic E-state index is -0.721. The Bertz CT molecular complexity index is 890. The van der Waals surface area contributed by atoms with Crippen LogP contribution in [0.15, 0.2) is 66.8 Å². The van der Waals surface area contributed by atoms with E-state index in [-0.39, 0.29) is 18.1 Å². The molecule has 0 atom stereocenters. The molecule has 2 rings (SSSR count). The highest BCUT2D eigenvalue weighted by atomic mass is 16.5. The van der Waals surface area contributed by atoms with E-state index in [0.717, 1.165) is 5.56 Å². The highest BCUT2D eigenvalue weighted by Gasteiger charge is 2.10. The summed E-state index contributed by atoms with van der Waals surface area (Å²) in [6, 6.07) is 15.9. The summed E-state index contributed by atoms with van der Waals surface area (Å²) in [6.07, 6.45) is 2.83. The van der Waals surface area contributed by atoms with E-state index in [1.165, 1.54) is 12.2 Å². The van der Waals surface area contributed by atoms with Crippen LogP contribution in [-0.4, -0.2) is 18.5 Å². The molecule has 5 heteroatoms. The largest absolute Gasteiger partial charge is 0.457 e. The standard InChI is InChI=1S/C21H18N2O3/c1-3-11-26-21(25)18(14-22)12-16-5-4-6-19(13-16)23-20(24)17-9-7-15(2)8-10-17/h3-10,12-13H,1,11H2,2H3,(H,23,24)/b18-12+. The molecule has 0 unspecified atom stereocenters. The van der Waals surface area contributed by atoms with E-state index in [0.29, 0.717) is 16.8 Å². The quantitative estimate of drug-likeness (QED) is 0.372. The average molecular weight is 346 g/mol. The molecular formula is C21H18N2O3. The number of carbonyl (C=O) groups is 2. The van der Waals surface area contributed by atoms with E-state index in [1.54, 1.807) is 36.4 Å². The third-order valence-corrected chi connectivity index (χ3v) is 3.44. The van der Waals surface area contributed by atoms with Gasteiger partial charge in [-0.3, -0.25) is 4.79 Å². The molecule has 2 aromatic rings. The Morgan fingerprint density at radius 2 is 1.96 bits per heavy atom. The lowest BCUT2D eigenvalue weighted by Gasteiger charge is -2.07. The fourth-order valence-corrected chi connectivity index (χ4v) is 2.13. The molecule has 0 heterocycles. The monoisotopic (exact) mass is 346 g/mol. The highest BCUT2D eigenvalue weighted by molar-refractivity contribution is 6.04. The van der Waals surface area contributed by atoms with Gasteiger partial charge in [0.25, 0.3) is 5.91 Å². The molecule has 130 valence electrons. The van der Waals surface area contributed by atoms with Gasteiger partial charge in [0.1, 0.15) is 18.2 Å². The number of nitriles is 1. The zero-order valence-electron chi connectivity index (χ0n) is 14.4. The maximum atomic E-state index is 12.3. The van der Waals surface area contributed by atoms with Gasteiger partial charge in [-0.1, -0.05) is 42.5 Å². The van der Waals surface area contributed by atoms with Crippen LogP contribution in [0.4, 0.5) is 5.69 Å². The minimum Gasteiger partial charge on any atom is -0.457 e. The molecule has 0 aliphatic heterocycles. The van der Waals surface area contributed by atoms with Crippen molar-refractivity contribution in [3.8, 4) is 6.07 Å². The van der Waals surface area contributed by atoms with Crippen LogP contribution in [0.1, 0.15) is 21.5 Å². The van der Waals surface area contributed by atoms with Gasteiger partial charge in [-0.05, 0) is 42.8 Å². The Kier molecular flexibility index (Phi) is 6.47. The second kappa shape index (κ2) is 9.00. The molecule has 1 amide bonds. The second-order valence-electron chi connectivity index (χ2n) is 5.50. The Labute approximate surface area is 152 Å². The number of nitrogens with zero attached hydrogens (tertiary/aromatic N) is 1. The van der Waals surface area contributed by atoms with Crippen LogP contribution in [0.25, 0.3) is 6.08 Å². The summed E-state index contributed by atoms with van der Waals surface area (Å²) in [7, 11) is 0. The molecule has 2 aromatic carbocycles. The fraction of sp³-hybridized carbons (Fsp3) is 0.0952. The van der Waals surface area contributed by atoms with E-state index in [2.05, 4.69) is 11.9 Å². The van der Waals surface area contributed by atoms with Gasteiger partial charge in [-0.2, -0.15) is 5.26 Å². The smallest absolute Gasteiger partial charge is 0.349 e. The predicted molar refractivity (Wildman–Crippen MR) is 100 cm³/mol. The summed E-state index contributed by atoms with van der Waals surface area (Å²) in [5.74, 6) is -0.960. The number of nitrogens with one attached hydrogen (secondary N) is 1. The van der Waals surface area contributed by atoms with Crippen molar-refractivity contribution in [3.63, 3.8) is 0 Å². The van der Waals surface area contributed by atoms with Crippen LogP contribution in [0, 0.1) is 18.3 Å². The van der Waals surface area contributed by atoms with E-state index in [4.69, 9.17) is 10.00 Å². The molecular weight excluding hydrogens is 328 g/mol. The zero-order chi connectivity index (χ0) is 18.9. The summed E-state index contributed by atoms with van der Waals surface area (Å²) >= 11 is 0. The van der Waals surface area contributed by atoms with Gasteiger partial charge >= 0.3 is 5.97 Å². The third-order valence-electron chi connectivity index (χ3n) is 3.44. The summed E-state index contributed by atoms with van der Waals surface area (Å²) in [6.45, 7) is 5.43. The summed E-state index contributed by atoms with van der Waals surface area (Å²) in [5.41, 5.74) is 2.64. The van der Waals surface area contributed by atoms with Crippen LogP contribution < -0.4 is 5.32 Å². The number of amides is 1. The number of hydrogen-bond acceptors (Lipinski definition) is 4. The molecule has 0 aliphatic carbocycles. The molecule has 0 aliphatic rings. The third kappa shape index (κ3) is 5.18. The van der Waals surface area contributed by atoms with E-state index in [1.807, 2.05) is 25.1 Å². The summed E-state index contributed by atoms with van der Waals surface area (Å²) in [4.78, 5) is 24.1. The average Bonchev–Trinajstić information content (AvgIpc) is 2.65. The lowest BCUT2D eigenvalue weighted by atomic mass is 10.1. The Morgan fingerprint density at radius 1 is 1.23 bits per heavy atom. The first-order chi connectivity index (χ1) is 12.5. The number of benzene rings is 2. The van der Waals surface area contributed by atoms with Crippen LogP contribution in [0.5, 0.6) is 0 Å². The molecule has 26 heavy (non-hydrogen) atoms. The maximum absolute atomic E-state index is 12.3. The number of anilines is 1. The van der Waals surface area contributed by atoms with Crippen molar-refractivity contribution in [2.75, 3.05) is 11.9 Å². The van der Waals surface area contributed by atoms with Gasteiger partial charge in [0.2, 0.25) is 0 Å². The highest BCUT2D eigenvalue weighted by Crippen LogP contribution is 2.16. The first kappa shape index (κ1) is 18.7. The van der Waals surface area contributed by atoms with Crippen LogP contribution >= 0.6 is 0 Å². The summed E-state index contributed by atoms with van der Waals surface area (Å²) < 4.78 is 4.86. The Balaban J connectivity index is 2.16. The van der Waals surface area contributed by atoms with Gasteiger partial charge in [0.15, 0.2) is 0 Å². The fourth-order valence-electron chi connectivity index (χ4n) is 2.13. The first-order valence-corrected chi connectivity index (χ1v) is 7.91. The number of ether oxygens (including phenoxy) is 1. The molecule has 0 spiro atoms. The zero-order valence-corrected chi connectivity index (χ0v) is 14.4. The first-order valence-electron chi connectivity index (χ1n) is 7.91. The molecule has 1 N–H and O–H groups in total. The number of aryl methyl sites for hydroxylation is 1. The van der Waals surface area contributed by atoms with Crippen LogP contribution in [0.3, 0.4) is 0 Å². The van der Waals surface area contributed by atoms with E-state index in [9.17, 15) is 9.59 Å². The van der Waals surface area contributed by atoms with Gasteiger partial charge in [0.05, 0.1) is 0 Å². The minimum absolute atomic E-state index is 0.0322. The van der Waals surface area contributed by atoms with E-state index < -0.39 is 5.97 Å².